The van der Waals surface area contributed by atoms with E-state index in [9.17, 15) is 13.2 Å². The second kappa shape index (κ2) is 17.5. The smallest absolute Gasteiger partial charge is 0.274 e. The third-order valence-corrected chi connectivity index (χ3v) is 4.95. The van der Waals surface area contributed by atoms with Gasteiger partial charge in [-0.25, -0.2) is 0 Å². The number of carbonyl (C=O) groups excluding carboxylic acids is 1. The minimum Gasteiger partial charge on any atom is -0.355 e. The van der Waals surface area contributed by atoms with Gasteiger partial charge in [0.25, 0.3) is 10.1 Å². The number of hydrogen-bond donors (Lipinski definition) is 2. The molecule has 6 heteroatoms. The van der Waals surface area contributed by atoms with E-state index in [1.165, 1.54) is 70.6 Å². The van der Waals surface area contributed by atoms with Crippen LogP contribution in [0.5, 0.6) is 0 Å². The van der Waals surface area contributed by atoms with Crippen molar-refractivity contribution in [2.45, 2.75) is 96.8 Å². The van der Waals surface area contributed by atoms with Gasteiger partial charge < -0.3 is 5.32 Å². The Morgan fingerprint density at radius 1 is 0.808 bits per heavy atom. The molecule has 1 amide bonds. The van der Waals surface area contributed by atoms with Crippen molar-refractivity contribution in [3.63, 3.8) is 0 Å². The van der Waals surface area contributed by atoms with E-state index in [0.29, 0.717) is 6.54 Å². The fourth-order valence-electron chi connectivity index (χ4n) is 2.82. The molecule has 26 heavy (non-hydrogen) atoms. The van der Waals surface area contributed by atoms with Crippen LogP contribution in [0.15, 0.2) is 12.2 Å². The van der Waals surface area contributed by atoms with Gasteiger partial charge >= 0.3 is 0 Å². The van der Waals surface area contributed by atoms with Crippen molar-refractivity contribution in [1.29, 1.82) is 0 Å². The van der Waals surface area contributed by atoms with Crippen molar-refractivity contribution in [2.75, 3.05) is 12.3 Å². The summed E-state index contributed by atoms with van der Waals surface area (Å²) in [5.41, 5.74) is 0. The molecule has 0 atom stereocenters. The van der Waals surface area contributed by atoms with Crippen molar-refractivity contribution in [2.24, 2.45) is 0 Å². The zero-order chi connectivity index (χ0) is 19.5. The molecule has 0 spiro atoms. The zero-order valence-corrected chi connectivity index (χ0v) is 17.4. The van der Waals surface area contributed by atoms with Crippen molar-refractivity contribution < 1.29 is 17.8 Å². The lowest BCUT2D eigenvalue weighted by atomic mass is 10.1. The van der Waals surface area contributed by atoms with Gasteiger partial charge in [0.05, 0.1) is 0 Å². The summed E-state index contributed by atoms with van der Waals surface area (Å²) in [6, 6.07) is 0. The van der Waals surface area contributed by atoms with Crippen LogP contribution in [0.25, 0.3) is 0 Å². The first-order valence-electron chi connectivity index (χ1n) is 10.3. The van der Waals surface area contributed by atoms with Gasteiger partial charge in [-0.2, -0.15) is 8.42 Å². The summed E-state index contributed by atoms with van der Waals surface area (Å²) in [4.78, 5) is 11.2. The SMILES string of the molecule is CCCCCCCC/C=C\CCCCCCCCNC(=O)CS(=O)(=O)O. The Kier molecular flexibility index (Phi) is 16.9. The number of hydrogen-bond acceptors (Lipinski definition) is 3. The van der Waals surface area contributed by atoms with Crippen LogP contribution in [0.2, 0.25) is 0 Å². The number of unbranched alkanes of at least 4 members (excludes halogenated alkanes) is 12. The second-order valence-electron chi connectivity index (χ2n) is 7.01. The highest BCUT2D eigenvalue weighted by Crippen LogP contribution is 2.09. The summed E-state index contributed by atoms with van der Waals surface area (Å²) in [6.07, 6.45) is 21.8. The summed E-state index contributed by atoms with van der Waals surface area (Å²) in [7, 11) is -4.21. The van der Waals surface area contributed by atoms with Crippen LogP contribution in [0, 0.1) is 0 Å². The van der Waals surface area contributed by atoms with E-state index in [-0.39, 0.29) is 0 Å². The molecular weight excluding hydrogens is 350 g/mol. The average Bonchev–Trinajstić information content (AvgIpc) is 2.56. The number of rotatable bonds is 18. The topological polar surface area (TPSA) is 83.5 Å². The Hall–Kier alpha value is -0.880. The lowest BCUT2D eigenvalue weighted by Crippen LogP contribution is -2.30. The first kappa shape index (κ1) is 25.1. The van der Waals surface area contributed by atoms with Crippen molar-refractivity contribution in [1.82, 2.24) is 5.32 Å². The molecule has 0 aliphatic heterocycles. The summed E-state index contributed by atoms with van der Waals surface area (Å²) in [5, 5.41) is 2.50. The molecular formula is C20H39NO4S. The number of amides is 1. The monoisotopic (exact) mass is 389 g/mol. The molecule has 0 saturated carbocycles. The van der Waals surface area contributed by atoms with Crippen molar-refractivity contribution in [3.8, 4) is 0 Å². The maximum absolute atomic E-state index is 11.2. The quantitative estimate of drug-likeness (QED) is 0.196. The molecule has 0 aromatic carbocycles. The Morgan fingerprint density at radius 3 is 1.77 bits per heavy atom. The first-order chi connectivity index (χ1) is 12.5. The highest BCUT2D eigenvalue weighted by Gasteiger charge is 2.11. The van der Waals surface area contributed by atoms with Crippen LogP contribution in [0.4, 0.5) is 0 Å². The van der Waals surface area contributed by atoms with E-state index in [2.05, 4.69) is 24.4 Å². The van der Waals surface area contributed by atoms with Gasteiger partial charge in [-0.15, -0.1) is 0 Å². The lowest BCUT2D eigenvalue weighted by Gasteiger charge is -2.04. The van der Waals surface area contributed by atoms with Gasteiger partial charge in [0.1, 0.15) is 0 Å². The fourth-order valence-corrected chi connectivity index (χ4v) is 3.25. The van der Waals surface area contributed by atoms with Crippen LogP contribution < -0.4 is 5.32 Å². The molecule has 0 fully saturated rings. The van der Waals surface area contributed by atoms with E-state index in [1.807, 2.05) is 0 Å². The van der Waals surface area contributed by atoms with Gasteiger partial charge in [0.15, 0.2) is 5.75 Å². The van der Waals surface area contributed by atoms with Crippen LogP contribution >= 0.6 is 0 Å². The second-order valence-corrected chi connectivity index (χ2v) is 8.47. The molecule has 154 valence electrons. The third kappa shape index (κ3) is 21.2. The van der Waals surface area contributed by atoms with Crippen LogP contribution in [-0.4, -0.2) is 31.2 Å². The van der Waals surface area contributed by atoms with Crippen molar-refractivity contribution in [3.05, 3.63) is 12.2 Å². The summed E-state index contributed by atoms with van der Waals surface area (Å²) in [5.74, 6) is -1.49. The first-order valence-corrected chi connectivity index (χ1v) is 11.9. The molecule has 0 aromatic heterocycles. The molecule has 0 heterocycles. The van der Waals surface area contributed by atoms with Crippen LogP contribution in [-0.2, 0) is 14.9 Å². The van der Waals surface area contributed by atoms with Gasteiger partial charge in [-0.3, -0.25) is 9.35 Å². The van der Waals surface area contributed by atoms with E-state index in [1.54, 1.807) is 0 Å². The zero-order valence-electron chi connectivity index (χ0n) is 16.5. The number of nitrogens with one attached hydrogen (secondary N) is 1. The van der Waals surface area contributed by atoms with Gasteiger partial charge in [0.2, 0.25) is 5.91 Å². The summed E-state index contributed by atoms with van der Waals surface area (Å²) >= 11 is 0. The Balaban J connectivity index is 3.24. The standard InChI is InChI=1S/C20H39NO4S/c1-2-3-4-5-6-7-8-9-10-11-12-13-14-15-16-17-18-21-20(22)19-26(23,24)25/h9-10H,2-8,11-19H2,1H3,(H,21,22)(H,23,24,25)/b10-9-. The van der Waals surface area contributed by atoms with E-state index in [0.717, 1.165) is 19.3 Å². The minimum atomic E-state index is -4.21. The van der Waals surface area contributed by atoms with Gasteiger partial charge in [0, 0.05) is 6.54 Å². The number of carbonyl (C=O) groups is 1. The van der Waals surface area contributed by atoms with Crippen LogP contribution in [0.3, 0.4) is 0 Å². The predicted molar refractivity (Wildman–Crippen MR) is 109 cm³/mol. The van der Waals surface area contributed by atoms with E-state index >= 15 is 0 Å². The molecule has 0 bridgehead atoms. The summed E-state index contributed by atoms with van der Waals surface area (Å²) < 4.78 is 29.6. The molecule has 0 aliphatic carbocycles. The minimum absolute atomic E-state index is 0.468. The largest absolute Gasteiger partial charge is 0.355 e. The highest BCUT2D eigenvalue weighted by molar-refractivity contribution is 7.86. The number of allylic oxidation sites excluding steroid dienone is 2. The molecule has 0 aliphatic rings. The van der Waals surface area contributed by atoms with Crippen molar-refractivity contribution >= 4 is 16.0 Å². The molecule has 0 saturated heterocycles. The third-order valence-electron chi connectivity index (χ3n) is 4.32. The lowest BCUT2D eigenvalue weighted by molar-refractivity contribution is -0.118. The maximum atomic E-state index is 11.2. The van der Waals surface area contributed by atoms with E-state index in [4.69, 9.17) is 4.55 Å². The van der Waals surface area contributed by atoms with Gasteiger partial charge in [-0.05, 0) is 32.1 Å². The molecule has 0 radical (unpaired) electrons. The predicted octanol–water partition coefficient (Wildman–Crippen LogP) is 5.03. The maximum Gasteiger partial charge on any atom is 0.274 e. The Labute approximate surface area is 160 Å². The molecule has 0 unspecified atom stereocenters. The highest BCUT2D eigenvalue weighted by atomic mass is 32.2. The summed E-state index contributed by atoms with van der Waals surface area (Å²) in [6.45, 7) is 2.72. The Morgan fingerprint density at radius 2 is 1.27 bits per heavy atom. The molecule has 5 nitrogen and oxygen atoms in total. The molecule has 0 aromatic rings. The Bertz CT molecular complexity index is 460. The van der Waals surface area contributed by atoms with E-state index < -0.39 is 21.8 Å². The normalized spacial score (nSPS) is 11.9. The average molecular weight is 390 g/mol. The van der Waals surface area contributed by atoms with Gasteiger partial charge in [-0.1, -0.05) is 76.9 Å². The fraction of sp³-hybridized carbons (Fsp3) is 0.850. The molecule has 0 rings (SSSR count). The van der Waals surface area contributed by atoms with Crippen LogP contribution in [0.1, 0.15) is 96.8 Å². The molecule has 2 N–H and O–H groups in total.